The maximum Gasteiger partial charge on any atom is 0.407 e. The first-order chi connectivity index (χ1) is 13.3. The van der Waals surface area contributed by atoms with Gasteiger partial charge in [0.2, 0.25) is 0 Å². The number of nitrogens with one attached hydrogen (secondary N) is 1. The van der Waals surface area contributed by atoms with E-state index < -0.39 is 6.09 Å². The Labute approximate surface area is 160 Å². The number of carbonyl (C=O) groups is 1. The van der Waals surface area contributed by atoms with Gasteiger partial charge in [0.05, 0.1) is 12.6 Å². The van der Waals surface area contributed by atoms with E-state index in [0.29, 0.717) is 13.2 Å². The third-order valence-electron chi connectivity index (χ3n) is 5.56. The maximum absolute atomic E-state index is 12.3. The minimum absolute atomic E-state index is 0.0503. The number of rotatable bonds is 6. The first-order valence-electron chi connectivity index (χ1n) is 9.71. The van der Waals surface area contributed by atoms with Crippen LogP contribution < -0.4 is 5.32 Å². The molecule has 0 bridgehead atoms. The number of ether oxygens (including phenoxy) is 1. The van der Waals surface area contributed by atoms with E-state index >= 15 is 0 Å². The number of aliphatic hydroxyl groups is 1. The molecule has 5 heteroatoms. The van der Waals surface area contributed by atoms with Crippen LogP contribution >= 0.6 is 0 Å². The third-order valence-corrected chi connectivity index (χ3v) is 5.56. The molecule has 142 valence electrons. The Hall–Kier alpha value is -2.37. The number of amides is 1. The fraction of sp³-hybridized carbons (Fsp3) is 0.409. The minimum atomic E-state index is -0.463. The summed E-state index contributed by atoms with van der Waals surface area (Å²) in [4.78, 5) is 14.6. The Balaban J connectivity index is 1.38. The van der Waals surface area contributed by atoms with Gasteiger partial charge in [-0.25, -0.2) is 4.79 Å². The molecule has 0 aromatic heterocycles. The van der Waals surface area contributed by atoms with Gasteiger partial charge in [-0.1, -0.05) is 48.5 Å². The number of nitrogens with zero attached hydrogens (tertiary/aromatic N) is 1. The van der Waals surface area contributed by atoms with Crippen molar-refractivity contribution in [3.63, 3.8) is 0 Å². The number of likely N-dealkylation sites (tertiary alicyclic amines) is 1. The van der Waals surface area contributed by atoms with Crippen molar-refractivity contribution < 1.29 is 14.6 Å². The van der Waals surface area contributed by atoms with Crippen molar-refractivity contribution in [2.45, 2.75) is 24.8 Å². The second-order valence-corrected chi connectivity index (χ2v) is 7.36. The van der Waals surface area contributed by atoms with Crippen LogP contribution in [-0.2, 0) is 4.74 Å². The van der Waals surface area contributed by atoms with Crippen molar-refractivity contribution in [1.82, 2.24) is 10.2 Å². The van der Waals surface area contributed by atoms with E-state index in [0.717, 1.165) is 13.1 Å². The van der Waals surface area contributed by atoms with E-state index in [-0.39, 0.29) is 18.6 Å². The van der Waals surface area contributed by atoms with Crippen LogP contribution in [0.4, 0.5) is 4.79 Å². The molecular formula is C22H26N2O3. The summed E-state index contributed by atoms with van der Waals surface area (Å²) in [7, 11) is 0. The summed E-state index contributed by atoms with van der Waals surface area (Å²) in [5.74, 6) is 0.0503. The SMILES string of the molecule is O=C(NC(CO)CN1CCCC1)OCC1c2ccccc2-c2ccccc21. The number of aliphatic hydroxyl groups excluding tert-OH is 1. The number of hydrogen-bond donors (Lipinski definition) is 2. The van der Waals surface area contributed by atoms with Gasteiger partial charge < -0.3 is 20.1 Å². The van der Waals surface area contributed by atoms with E-state index in [1.54, 1.807) is 0 Å². The monoisotopic (exact) mass is 366 g/mol. The van der Waals surface area contributed by atoms with Crippen LogP contribution in [0, 0.1) is 0 Å². The first-order valence-corrected chi connectivity index (χ1v) is 9.71. The van der Waals surface area contributed by atoms with Crippen molar-refractivity contribution in [1.29, 1.82) is 0 Å². The lowest BCUT2D eigenvalue weighted by Gasteiger charge is -2.23. The molecule has 1 saturated heterocycles. The number of hydrogen-bond acceptors (Lipinski definition) is 4. The summed E-state index contributed by atoms with van der Waals surface area (Å²) in [5.41, 5.74) is 4.82. The summed E-state index contributed by atoms with van der Waals surface area (Å²) < 4.78 is 5.56. The molecule has 0 saturated carbocycles. The van der Waals surface area contributed by atoms with Gasteiger partial charge in [-0.3, -0.25) is 0 Å². The highest BCUT2D eigenvalue weighted by Crippen LogP contribution is 2.44. The average molecular weight is 366 g/mol. The highest BCUT2D eigenvalue weighted by molar-refractivity contribution is 5.79. The Morgan fingerprint density at radius 1 is 1.07 bits per heavy atom. The number of fused-ring (bicyclic) bond motifs is 3. The van der Waals surface area contributed by atoms with Crippen molar-refractivity contribution in [2.24, 2.45) is 0 Å². The largest absolute Gasteiger partial charge is 0.449 e. The van der Waals surface area contributed by atoms with E-state index in [4.69, 9.17) is 4.74 Å². The van der Waals surface area contributed by atoms with Crippen LogP contribution in [0.3, 0.4) is 0 Å². The molecule has 1 fully saturated rings. The average Bonchev–Trinajstić information content (AvgIpc) is 3.32. The maximum atomic E-state index is 12.3. The van der Waals surface area contributed by atoms with Crippen LogP contribution in [0.2, 0.25) is 0 Å². The lowest BCUT2D eigenvalue weighted by atomic mass is 9.98. The van der Waals surface area contributed by atoms with Crippen LogP contribution in [0.15, 0.2) is 48.5 Å². The molecule has 1 aliphatic carbocycles. The second kappa shape index (κ2) is 8.11. The van der Waals surface area contributed by atoms with Gasteiger partial charge in [0.1, 0.15) is 6.61 Å². The van der Waals surface area contributed by atoms with Crippen LogP contribution in [-0.4, -0.2) is 55.0 Å². The molecule has 27 heavy (non-hydrogen) atoms. The molecule has 5 nitrogen and oxygen atoms in total. The van der Waals surface area contributed by atoms with Gasteiger partial charge in [-0.2, -0.15) is 0 Å². The zero-order chi connectivity index (χ0) is 18.6. The van der Waals surface area contributed by atoms with Crippen LogP contribution in [0.25, 0.3) is 11.1 Å². The minimum Gasteiger partial charge on any atom is -0.449 e. The first kappa shape index (κ1) is 18.0. The molecular weight excluding hydrogens is 340 g/mol. The zero-order valence-corrected chi connectivity index (χ0v) is 15.4. The van der Waals surface area contributed by atoms with E-state index in [2.05, 4.69) is 34.5 Å². The lowest BCUT2D eigenvalue weighted by Crippen LogP contribution is -2.45. The molecule has 2 aromatic rings. The molecule has 0 spiro atoms. The van der Waals surface area contributed by atoms with Crippen molar-refractivity contribution in [3.05, 3.63) is 59.7 Å². The van der Waals surface area contributed by atoms with Gasteiger partial charge in [0, 0.05) is 12.5 Å². The Morgan fingerprint density at radius 3 is 2.26 bits per heavy atom. The van der Waals surface area contributed by atoms with Crippen molar-refractivity contribution in [2.75, 3.05) is 32.8 Å². The van der Waals surface area contributed by atoms with Crippen LogP contribution in [0.5, 0.6) is 0 Å². The predicted molar refractivity (Wildman–Crippen MR) is 105 cm³/mol. The van der Waals surface area contributed by atoms with Gasteiger partial charge in [0.25, 0.3) is 0 Å². The van der Waals surface area contributed by atoms with E-state index in [1.165, 1.54) is 35.1 Å². The molecule has 1 atom stereocenters. The summed E-state index contributed by atoms with van der Waals surface area (Å²) >= 11 is 0. The van der Waals surface area contributed by atoms with Crippen LogP contribution in [0.1, 0.15) is 29.9 Å². The van der Waals surface area contributed by atoms with Gasteiger partial charge >= 0.3 is 6.09 Å². The molecule has 0 radical (unpaired) electrons. The highest BCUT2D eigenvalue weighted by atomic mass is 16.5. The second-order valence-electron chi connectivity index (χ2n) is 7.36. The number of carbonyl (C=O) groups excluding carboxylic acids is 1. The van der Waals surface area contributed by atoms with Gasteiger partial charge in [-0.15, -0.1) is 0 Å². The van der Waals surface area contributed by atoms with E-state index in [9.17, 15) is 9.90 Å². The number of benzene rings is 2. The van der Waals surface area contributed by atoms with Crippen molar-refractivity contribution in [3.8, 4) is 11.1 Å². The summed E-state index contributed by atoms with van der Waals surface area (Å²) in [6, 6.07) is 16.3. The molecule has 1 aliphatic heterocycles. The fourth-order valence-corrected chi connectivity index (χ4v) is 4.23. The quantitative estimate of drug-likeness (QED) is 0.825. The summed E-state index contributed by atoms with van der Waals surface area (Å²) in [6.45, 7) is 2.94. The molecule has 1 amide bonds. The topological polar surface area (TPSA) is 61.8 Å². The fourth-order valence-electron chi connectivity index (χ4n) is 4.23. The molecule has 2 aromatic carbocycles. The molecule has 2 N–H and O–H groups in total. The Morgan fingerprint density at radius 2 is 1.67 bits per heavy atom. The molecule has 2 aliphatic rings. The van der Waals surface area contributed by atoms with Gasteiger partial charge in [-0.05, 0) is 48.2 Å². The standard InChI is InChI=1S/C22H26N2O3/c25-14-16(13-24-11-5-6-12-24)23-22(26)27-15-21-19-9-3-1-7-17(19)18-8-2-4-10-20(18)21/h1-4,7-10,16,21,25H,5-6,11-15H2,(H,23,26). The molecule has 4 rings (SSSR count). The Kier molecular flexibility index (Phi) is 5.41. The Bertz CT molecular complexity index is 756. The third kappa shape index (κ3) is 3.84. The lowest BCUT2D eigenvalue weighted by molar-refractivity contribution is 0.126. The predicted octanol–water partition coefficient (Wildman–Crippen LogP) is 2.98. The van der Waals surface area contributed by atoms with Gasteiger partial charge in [0.15, 0.2) is 0 Å². The smallest absolute Gasteiger partial charge is 0.407 e. The summed E-state index contributed by atoms with van der Waals surface area (Å²) in [5, 5.41) is 12.4. The molecule has 1 unspecified atom stereocenters. The highest BCUT2D eigenvalue weighted by Gasteiger charge is 2.29. The summed E-state index contributed by atoms with van der Waals surface area (Å²) in [6.07, 6.45) is 1.90. The zero-order valence-electron chi connectivity index (χ0n) is 15.4. The number of alkyl carbamates (subject to hydrolysis) is 1. The van der Waals surface area contributed by atoms with E-state index in [1.807, 2.05) is 24.3 Å². The molecule has 1 heterocycles. The van der Waals surface area contributed by atoms with Crippen molar-refractivity contribution >= 4 is 6.09 Å². The normalized spacial score (nSPS) is 17.4.